The zero-order valence-electron chi connectivity index (χ0n) is 18.1. The Balaban J connectivity index is 1.48. The number of guanidine groups is 1. The average Bonchev–Trinajstić information content (AvgIpc) is 3.29. The number of nitrogens with one attached hydrogen (secondary N) is 1. The number of benzene rings is 1. The minimum Gasteiger partial charge on any atom is -0.494 e. The minimum atomic E-state index is -0.0356. The van der Waals surface area contributed by atoms with E-state index >= 15 is 0 Å². The van der Waals surface area contributed by atoms with E-state index in [1.54, 1.807) is 0 Å². The van der Waals surface area contributed by atoms with Crippen molar-refractivity contribution in [1.29, 1.82) is 0 Å². The maximum absolute atomic E-state index is 12.7. The van der Waals surface area contributed by atoms with Crippen molar-refractivity contribution in [3.05, 3.63) is 29.8 Å². The van der Waals surface area contributed by atoms with Gasteiger partial charge in [-0.3, -0.25) is 14.7 Å². The second-order valence-electron chi connectivity index (χ2n) is 7.71. The highest BCUT2D eigenvalue weighted by Gasteiger charge is 2.30. The Morgan fingerprint density at radius 2 is 1.86 bits per heavy atom. The molecule has 0 aromatic heterocycles. The van der Waals surface area contributed by atoms with Gasteiger partial charge in [0.15, 0.2) is 5.96 Å². The van der Waals surface area contributed by atoms with Gasteiger partial charge < -0.3 is 19.9 Å². The molecular weight excluding hydrogens is 366 g/mol. The molecule has 7 heteroatoms. The summed E-state index contributed by atoms with van der Waals surface area (Å²) >= 11 is 0. The average molecular weight is 402 g/mol. The van der Waals surface area contributed by atoms with Crippen LogP contribution in [-0.4, -0.2) is 85.5 Å². The monoisotopic (exact) mass is 401 g/mol. The molecule has 1 atom stereocenters. The highest BCUT2D eigenvalue weighted by molar-refractivity contribution is 5.82. The molecule has 29 heavy (non-hydrogen) atoms. The number of carbonyl (C=O) groups is 1. The third-order valence-corrected chi connectivity index (χ3v) is 5.81. The number of hydrogen-bond acceptors (Lipinski definition) is 4. The summed E-state index contributed by atoms with van der Waals surface area (Å²) in [6.45, 7) is 10.8. The van der Waals surface area contributed by atoms with Gasteiger partial charge in [0.1, 0.15) is 5.75 Å². The van der Waals surface area contributed by atoms with Crippen LogP contribution in [0.15, 0.2) is 29.3 Å². The van der Waals surface area contributed by atoms with E-state index < -0.39 is 0 Å². The lowest BCUT2D eigenvalue weighted by atomic mass is 10.2. The van der Waals surface area contributed by atoms with Gasteiger partial charge >= 0.3 is 0 Å². The summed E-state index contributed by atoms with van der Waals surface area (Å²) in [5.41, 5.74) is 1.17. The van der Waals surface area contributed by atoms with E-state index in [4.69, 9.17) is 4.74 Å². The van der Waals surface area contributed by atoms with E-state index in [9.17, 15) is 4.79 Å². The highest BCUT2D eigenvalue weighted by Crippen LogP contribution is 2.15. The molecule has 1 aromatic carbocycles. The molecule has 0 aliphatic carbocycles. The maximum Gasteiger partial charge on any atom is 0.239 e. The maximum atomic E-state index is 12.7. The predicted molar refractivity (Wildman–Crippen MR) is 116 cm³/mol. The molecule has 1 aromatic rings. The lowest BCUT2D eigenvalue weighted by Crippen LogP contribution is -2.57. The molecule has 0 radical (unpaired) electrons. The van der Waals surface area contributed by atoms with E-state index in [0.29, 0.717) is 13.2 Å². The first-order valence-electron chi connectivity index (χ1n) is 10.8. The van der Waals surface area contributed by atoms with Crippen molar-refractivity contribution in [2.24, 2.45) is 4.99 Å². The van der Waals surface area contributed by atoms with Crippen molar-refractivity contribution in [1.82, 2.24) is 20.0 Å². The molecule has 160 valence electrons. The van der Waals surface area contributed by atoms with Gasteiger partial charge in [0, 0.05) is 52.9 Å². The first kappa shape index (κ1) is 21.4. The van der Waals surface area contributed by atoms with E-state index in [-0.39, 0.29) is 11.9 Å². The lowest BCUT2D eigenvalue weighted by Gasteiger charge is -2.39. The van der Waals surface area contributed by atoms with E-state index in [2.05, 4.69) is 39.2 Å². The molecule has 2 aliphatic rings. The largest absolute Gasteiger partial charge is 0.494 e. The second-order valence-corrected chi connectivity index (χ2v) is 7.71. The Bertz CT molecular complexity index is 694. The fourth-order valence-corrected chi connectivity index (χ4v) is 4.10. The van der Waals surface area contributed by atoms with Crippen LogP contribution in [0.5, 0.6) is 5.75 Å². The first-order chi connectivity index (χ1) is 14.1. The Hall–Kier alpha value is -2.28. The van der Waals surface area contributed by atoms with Gasteiger partial charge in [0.25, 0.3) is 0 Å². The van der Waals surface area contributed by atoms with Crippen LogP contribution in [0.25, 0.3) is 0 Å². The molecule has 1 unspecified atom stereocenters. The molecule has 3 rings (SSSR count). The smallest absolute Gasteiger partial charge is 0.239 e. The molecular formula is C22H35N5O2. The highest BCUT2D eigenvalue weighted by atomic mass is 16.5. The van der Waals surface area contributed by atoms with Gasteiger partial charge in [-0.25, -0.2) is 0 Å². The van der Waals surface area contributed by atoms with Crippen LogP contribution in [0.1, 0.15) is 32.3 Å². The van der Waals surface area contributed by atoms with Gasteiger partial charge in [-0.1, -0.05) is 12.1 Å². The van der Waals surface area contributed by atoms with E-state index in [0.717, 1.165) is 63.8 Å². The third kappa shape index (κ3) is 5.63. The number of ether oxygens (including phenoxy) is 1. The second kappa shape index (κ2) is 10.5. The van der Waals surface area contributed by atoms with Crippen molar-refractivity contribution in [3.8, 4) is 5.75 Å². The fraction of sp³-hybridized carbons (Fsp3) is 0.636. The van der Waals surface area contributed by atoms with Crippen LogP contribution >= 0.6 is 0 Å². The zero-order valence-corrected chi connectivity index (χ0v) is 18.1. The number of amides is 1. The number of carbonyl (C=O) groups excluding carboxylic acids is 1. The standard InChI is InChI=1S/C22H35N5O2/c1-4-29-20-9-7-8-19(16-20)17-24-22(23-3)27-14-12-25(13-15-27)18(2)21(28)26-10-5-6-11-26/h7-9,16,18H,4-6,10-15,17H2,1-3H3,(H,23,24). The SMILES string of the molecule is CCOc1cccc(CNC(=NC)N2CCN(C(C)C(=O)N3CCCC3)CC2)c1. The van der Waals surface area contributed by atoms with Crippen LogP contribution in [-0.2, 0) is 11.3 Å². The Labute approximate surface area is 174 Å². The predicted octanol–water partition coefficient (Wildman–Crippen LogP) is 1.79. The summed E-state index contributed by atoms with van der Waals surface area (Å²) in [5, 5.41) is 3.46. The molecule has 0 bridgehead atoms. The molecule has 1 N–H and O–H groups in total. The number of hydrogen-bond donors (Lipinski definition) is 1. The molecule has 2 heterocycles. The van der Waals surface area contributed by atoms with Crippen molar-refractivity contribution >= 4 is 11.9 Å². The Morgan fingerprint density at radius 3 is 2.52 bits per heavy atom. The van der Waals surface area contributed by atoms with Gasteiger partial charge in [-0.05, 0) is 44.4 Å². The van der Waals surface area contributed by atoms with Crippen LogP contribution < -0.4 is 10.1 Å². The summed E-state index contributed by atoms with van der Waals surface area (Å²) in [7, 11) is 1.82. The number of aliphatic imine (C=N–C) groups is 1. The molecule has 2 fully saturated rings. The Morgan fingerprint density at radius 1 is 1.14 bits per heavy atom. The van der Waals surface area contributed by atoms with Gasteiger partial charge in [-0.15, -0.1) is 0 Å². The van der Waals surface area contributed by atoms with Crippen LogP contribution in [0.2, 0.25) is 0 Å². The molecule has 1 amide bonds. The minimum absolute atomic E-state index is 0.0356. The number of nitrogens with zero attached hydrogens (tertiary/aromatic N) is 4. The first-order valence-corrected chi connectivity index (χ1v) is 10.8. The van der Waals surface area contributed by atoms with Gasteiger partial charge in [0.05, 0.1) is 12.6 Å². The molecule has 7 nitrogen and oxygen atoms in total. The number of piperazine rings is 1. The van der Waals surface area contributed by atoms with Crippen molar-refractivity contribution in [2.45, 2.75) is 39.3 Å². The fourth-order valence-electron chi connectivity index (χ4n) is 4.10. The summed E-state index contributed by atoms with van der Waals surface area (Å²) in [4.78, 5) is 23.7. The normalized spacial score (nSPS) is 19.3. The molecule has 2 aliphatic heterocycles. The quantitative estimate of drug-likeness (QED) is 0.582. The summed E-state index contributed by atoms with van der Waals surface area (Å²) in [5.74, 6) is 2.09. The van der Waals surface area contributed by atoms with Crippen LogP contribution in [0, 0.1) is 0 Å². The van der Waals surface area contributed by atoms with Crippen LogP contribution in [0.3, 0.4) is 0 Å². The molecule has 0 spiro atoms. The lowest BCUT2D eigenvalue weighted by molar-refractivity contribution is -0.135. The van der Waals surface area contributed by atoms with Crippen molar-refractivity contribution < 1.29 is 9.53 Å². The van der Waals surface area contributed by atoms with E-state index in [1.807, 2.05) is 31.0 Å². The van der Waals surface area contributed by atoms with Crippen molar-refractivity contribution in [3.63, 3.8) is 0 Å². The van der Waals surface area contributed by atoms with Crippen LogP contribution in [0.4, 0.5) is 0 Å². The van der Waals surface area contributed by atoms with Gasteiger partial charge in [0.2, 0.25) is 5.91 Å². The van der Waals surface area contributed by atoms with Crippen molar-refractivity contribution in [2.75, 3.05) is 52.9 Å². The summed E-state index contributed by atoms with van der Waals surface area (Å²) in [6, 6.07) is 8.11. The summed E-state index contributed by atoms with van der Waals surface area (Å²) < 4.78 is 5.58. The third-order valence-electron chi connectivity index (χ3n) is 5.81. The summed E-state index contributed by atoms with van der Waals surface area (Å²) in [6.07, 6.45) is 2.28. The topological polar surface area (TPSA) is 60.4 Å². The van der Waals surface area contributed by atoms with Gasteiger partial charge in [-0.2, -0.15) is 0 Å². The molecule has 2 saturated heterocycles. The number of likely N-dealkylation sites (tertiary alicyclic amines) is 1. The molecule has 0 saturated carbocycles. The number of rotatable bonds is 6. The Kier molecular flexibility index (Phi) is 7.75. The zero-order chi connectivity index (χ0) is 20.6. The van der Waals surface area contributed by atoms with E-state index in [1.165, 1.54) is 5.56 Å².